The van der Waals surface area contributed by atoms with Crippen LogP contribution in [0.25, 0.3) is 0 Å². The number of fused-ring (bicyclic) bond motifs is 1. The Morgan fingerprint density at radius 1 is 1.55 bits per heavy atom. The molecule has 20 heavy (non-hydrogen) atoms. The van der Waals surface area contributed by atoms with Gasteiger partial charge >= 0.3 is 6.09 Å². The van der Waals surface area contributed by atoms with E-state index in [1.165, 1.54) is 32.9 Å². The Labute approximate surface area is 140 Å². The number of ether oxygens (including phenoxy) is 2. The maximum absolute atomic E-state index is 12.6. The van der Waals surface area contributed by atoms with Crippen LogP contribution in [0.3, 0.4) is 0 Å². The van der Waals surface area contributed by atoms with Gasteiger partial charge in [-0.05, 0) is 32.9 Å². The maximum atomic E-state index is 12.6. The van der Waals surface area contributed by atoms with Crippen LogP contribution in [0.15, 0.2) is 16.6 Å². The van der Waals surface area contributed by atoms with Gasteiger partial charge in [0, 0.05) is 10.0 Å². The van der Waals surface area contributed by atoms with Gasteiger partial charge in [0.25, 0.3) is 0 Å². The van der Waals surface area contributed by atoms with E-state index >= 15 is 0 Å². The van der Waals surface area contributed by atoms with Gasteiger partial charge in [0.1, 0.15) is 17.9 Å². The normalized spacial score (nSPS) is 27.1. The van der Waals surface area contributed by atoms with Crippen molar-refractivity contribution in [3.05, 3.63) is 27.2 Å². The molecule has 2 rings (SSSR count). The van der Waals surface area contributed by atoms with Crippen LogP contribution in [-0.4, -0.2) is 29.7 Å². The number of halogens is 2. The average molecular weight is 369 g/mol. The van der Waals surface area contributed by atoms with Gasteiger partial charge in [0.2, 0.25) is 0 Å². The van der Waals surface area contributed by atoms with Crippen molar-refractivity contribution in [2.24, 2.45) is 0 Å². The summed E-state index contributed by atoms with van der Waals surface area (Å²) in [4.78, 5) is 12.7. The Morgan fingerprint density at radius 3 is 2.90 bits per heavy atom. The van der Waals surface area contributed by atoms with Gasteiger partial charge in [-0.25, -0.2) is 4.79 Å². The highest BCUT2D eigenvalue weighted by atomic mass is 79.9. The largest absolute Gasteiger partial charge is 0.490 e. The van der Waals surface area contributed by atoms with Crippen LogP contribution in [0, 0.1) is 0 Å². The van der Waals surface area contributed by atoms with E-state index in [-0.39, 0.29) is 21.2 Å². The second-order valence-electron chi connectivity index (χ2n) is 5.01. The number of hydrogen-bond donors (Lipinski definition) is 0. The number of carbonyl (C=O) groups is 1. The minimum atomic E-state index is -3.21. The number of hydrogen-bond acceptors (Lipinski definition) is 3. The van der Waals surface area contributed by atoms with Crippen LogP contribution in [-0.2, 0) is 11.2 Å². The fourth-order valence-electron chi connectivity index (χ4n) is 1.41. The van der Waals surface area contributed by atoms with Gasteiger partial charge in [-0.3, -0.25) is 0 Å². The Balaban J connectivity index is 2.77. The molecule has 1 aliphatic rings. The molecule has 1 aliphatic heterocycles. The Kier molecular flexibility index (Phi) is 2.66. The lowest BCUT2D eigenvalue weighted by Crippen LogP contribution is -2.37. The van der Waals surface area contributed by atoms with E-state index in [9.17, 15) is 4.79 Å². The van der Waals surface area contributed by atoms with Crippen molar-refractivity contribution >= 4 is 33.6 Å². The molecule has 0 spiro atoms. The second-order valence-corrected chi connectivity index (χ2v) is 6.33. The highest BCUT2D eigenvalue weighted by molar-refractivity contribution is 9.10. The Bertz CT molecular complexity index is 753. The van der Waals surface area contributed by atoms with Crippen molar-refractivity contribution in [2.45, 2.75) is 32.9 Å². The molecule has 110 valence electrons. The van der Waals surface area contributed by atoms with Gasteiger partial charge in [0.05, 0.1) is 26.2 Å². The predicted molar refractivity (Wildman–Crippen MR) is 81.3 cm³/mol. The molecule has 0 bridgehead atoms. The molecule has 0 N–H and O–H groups in total. The van der Waals surface area contributed by atoms with Crippen molar-refractivity contribution in [1.29, 1.82) is 0 Å². The average Bonchev–Trinajstić information content (AvgIpc) is 2.41. The summed E-state index contributed by atoms with van der Waals surface area (Å²) >= 11 is 9.21. The molecule has 1 aromatic rings. The molecule has 0 unspecified atom stereocenters. The van der Waals surface area contributed by atoms with Crippen LogP contribution in [0.2, 0.25) is 5.02 Å². The summed E-state index contributed by atoms with van der Waals surface area (Å²) in [6.07, 6.45) is -1.37. The third-order valence-electron chi connectivity index (χ3n) is 2.13. The highest BCUT2D eigenvalue weighted by Crippen LogP contribution is 2.34. The molecule has 1 amide bonds. The third kappa shape index (κ3) is 3.79. The zero-order chi connectivity index (χ0) is 20.3. The zero-order valence-electron chi connectivity index (χ0n) is 17.1. The maximum Gasteiger partial charge on any atom is 0.410 e. The van der Waals surface area contributed by atoms with E-state index in [0.29, 0.717) is 4.47 Å². The summed E-state index contributed by atoms with van der Waals surface area (Å²) < 4.78 is 59.5. The first-order chi connectivity index (χ1) is 11.5. The Morgan fingerprint density at radius 2 is 2.25 bits per heavy atom. The first kappa shape index (κ1) is 9.15. The molecule has 1 aromatic carbocycles. The van der Waals surface area contributed by atoms with Crippen LogP contribution >= 0.6 is 27.5 Å². The van der Waals surface area contributed by atoms with E-state index in [1.807, 2.05) is 0 Å². The van der Waals surface area contributed by atoms with Crippen molar-refractivity contribution in [2.75, 3.05) is 13.1 Å². The molecule has 0 saturated heterocycles. The molecule has 0 aliphatic carbocycles. The summed E-state index contributed by atoms with van der Waals surface area (Å²) in [5.41, 5.74) is -1.37. The number of nitrogens with zero attached hydrogens (tertiary/aromatic N) is 1. The second kappa shape index (κ2) is 5.82. The molecule has 0 radical (unpaired) electrons. The molecule has 6 heteroatoms. The number of rotatable bonds is 0. The quantitative estimate of drug-likeness (QED) is 0.688. The van der Waals surface area contributed by atoms with Gasteiger partial charge in [-0.2, -0.15) is 0 Å². The third-order valence-corrected chi connectivity index (χ3v) is 2.87. The topological polar surface area (TPSA) is 38.8 Å². The number of amides is 1. The van der Waals surface area contributed by atoms with E-state index in [2.05, 4.69) is 15.9 Å². The van der Waals surface area contributed by atoms with Gasteiger partial charge in [-0.1, -0.05) is 27.5 Å². The monoisotopic (exact) mass is 367 g/mol. The number of carbonyl (C=O) groups excluding carboxylic acids is 1. The SMILES string of the molecule is [2H]C1([2H])c2cc(Br)cc(Cl)c2OC([2H])([2H])C([2H])([2H])N1C(=O)OC(C)(C)C. The van der Waals surface area contributed by atoms with E-state index < -0.39 is 31.2 Å². The van der Waals surface area contributed by atoms with Gasteiger partial charge < -0.3 is 14.4 Å². The minimum Gasteiger partial charge on any atom is -0.490 e. The van der Waals surface area contributed by atoms with Crippen molar-refractivity contribution < 1.29 is 22.5 Å². The molecule has 0 aromatic heterocycles. The summed E-state index contributed by atoms with van der Waals surface area (Å²) in [5, 5.41) is -0.135. The molecule has 0 saturated carbocycles. The molecular weight excluding hydrogens is 346 g/mol. The molecule has 0 atom stereocenters. The lowest BCUT2D eigenvalue weighted by Gasteiger charge is -2.26. The van der Waals surface area contributed by atoms with Crippen molar-refractivity contribution in [3.8, 4) is 5.75 Å². The minimum absolute atomic E-state index is 0.0693. The Hall–Kier alpha value is -0.940. The predicted octanol–water partition coefficient (Wildman–Crippen LogP) is 4.23. The zero-order valence-corrected chi connectivity index (χ0v) is 13.4. The van der Waals surface area contributed by atoms with Crippen molar-refractivity contribution in [1.82, 2.24) is 4.90 Å². The van der Waals surface area contributed by atoms with E-state index in [4.69, 9.17) is 29.3 Å². The first-order valence-electron chi connectivity index (χ1n) is 8.72. The van der Waals surface area contributed by atoms with Crippen molar-refractivity contribution in [3.63, 3.8) is 0 Å². The van der Waals surface area contributed by atoms with Crippen LogP contribution in [0.1, 0.15) is 34.6 Å². The van der Waals surface area contributed by atoms with Crippen LogP contribution in [0.5, 0.6) is 5.75 Å². The molecule has 1 heterocycles. The standard InChI is InChI=1S/C14H17BrClNO3/c1-14(2,3)20-13(18)17-4-5-19-12-9(8-17)6-10(15)7-11(12)16/h6-7H,4-5,8H2,1-3H3/i4D2,5D2,8D2. The highest BCUT2D eigenvalue weighted by Gasteiger charge is 2.26. The summed E-state index contributed by atoms with van der Waals surface area (Å²) in [7, 11) is 0. The fourth-order valence-corrected chi connectivity index (χ4v) is 2.26. The first-order valence-corrected chi connectivity index (χ1v) is 6.90. The van der Waals surface area contributed by atoms with Gasteiger partial charge in [-0.15, -0.1) is 0 Å². The fraction of sp³-hybridized carbons (Fsp3) is 0.500. The van der Waals surface area contributed by atoms with Crippen LogP contribution < -0.4 is 4.74 Å². The lowest BCUT2D eigenvalue weighted by molar-refractivity contribution is 0.0225. The van der Waals surface area contributed by atoms with Crippen LogP contribution in [0.4, 0.5) is 4.79 Å². The summed E-state index contributed by atoms with van der Waals surface area (Å²) in [5.74, 6) is -0.389. The number of benzene rings is 1. The summed E-state index contributed by atoms with van der Waals surface area (Å²) in [6, 6.07) is 2.60. The molecule has 0 fully saturated rings. The van der Waals surface area contributed by atoms with Gasteiger partial charge in [0.15, 0.2) is 0 Å². The van der Waals surface area contributed by atoms with E-state index in [1.54, 1.807) is 0 Å². The lowest BCUT2D eigenvalue weighted by atomic mass is 10.2. The molecular formula is C14H17BrClNO3. The molecule has 4 nitrogen and oxygen atoms in total. The summed E-state index contributed by atoms with van der Waals surface area (Å²) in [6.45, 7) is -4.56. The van der Waals surface area contributed by atoms with E-state index in [0.717, 1.165) is 0 Å². The smallest absolute Gasteiger partial charge is 0.410 e.